The molecule has 4 rings (SSSR count). The van der Waals surface area contributed by atoms with Crippen LogP contribution in [0, 0.1) is 13.8 Å². The van der Waals surface area contributed by atoms with Gasteiger partial charge < -0.3 is 24.5 Å². The number of carbonyl (C=O) groups excluding carboxylic acids is 1. The van der Waals surface area contributed by atoms with Crippen molar-refractivity contribution in [1.29, 1.82) is 0 Å². The predicted molar refractivity (Wildman–Crippen MR) is 124 cm³/mol. The van der Waals surface area contributed by atoms with Crippen LogP contribution in [-0.2, 0) is 13.1 Å². The van der Waals surface area contributed by atoms with Crippen molar-refractivity contribution in [3.05, 3.63) is 64.2 Å². The third-order valence-electron chi connectivity index (χ3n) is 5.08. The summed E-state index contributed by atoms with van der Waals surface area (Å²) in [6.45, 7) is 4.58. The largest absolute Gasteiger partial charge is 0.493 e. The van der Waals surface area contributed by atoms with Crippen LogP contribution in [0.1, 0.15) is 32.3 Å². The third-order valence-corrected chi connectivity index (χ3v) is 6.28. The number of thiophene rings is 1. The van der Waals surface area contributed by atoms with Gasteiger partial charge in [0.15, 0.2) is 11.5 Å². The van der Waals surface area contributed by atoms with E-state index in [2.05, 4.69) is 20.6 Å². The lowest BCUT2D eigenvalue weighted by Crippen LogP contribution is -2.22. The number of furan rings is 1. The van der Waals surface area contributed by atoms with E-state index < -0.39 is 0 Å². The molecule has 0 saturated carbocycles. The molecule has 0 atom stereocenters. The normalized spacial score (nSPS) is 10.9. The number of rotatable bonds is 8. The summed E-state index contributed by atoms with van der Waals surface area (Å²) in [7, 11) is 3.22. The number of methoxy groups -OCH3 is 2. The zero-order valence-electron chi connectivity index (χ0n) is 18.3. The van der Waals surface area contributed by atoms with Crippen molar-refractivity contribution >= 4 is 33.3 Å². The second-order valence-electron chi connectivity index (χ2n) is 7.16. The van der Waals surface area contributed by atoms with E-state index in [0.29, 0.717) is 41.0 Å². The number of benzene rings is 1. The molecule has 2 N–H and O–H groups in total. The Kier molecular flexibility index (Phi) is 6.27. The first-order valence-electron chi connectivity index (χ1n) is 10.0. The van der Waals surface area contributed by atoms with Crippen LogP contribution >= 0.6 is 11.3 Å². The number of aryl methyl sites for hydroxylation is 2. The lowest BCUT2D eigenvalue weighted by Gasteiger charge is -2.13. The third kappa shape index (κ3) is 4.24. The van der Waals surface area contributed by atoms with Gasteiger partial charge >= 0.3 is 0 Å². The van der Waals surface area contributed by atoms with Gasteiger partial charge in [-0.05, 0) is 37.6 Å². The molecule has 3 aromatic heterocycles. The Bertz CT molecular complexity index is 1260. The molecule has 0 bridgehead atoms. The minimum Gasteiger partial charge on any atom is -0.493 e. The van der Waals surface area contributed by atoms with Gasteiger partial charge in [-0.25, -0.2) is 9.97 Å². The minimum absolute atomic E-state index is 0.167. The molecule has 1 amide bonds. The number of nitrogens with zero attached hydrogens (tertiary/aromatic N) is 2. The summed E-state index contributed by atoms with van der Waals surface area (Å²) >= 11 is 1.34. The molecule has 0 unspecified atom stereocenters. The number of amides is 1. The Balaban J connectivity index is 1.56. The molecule has 0 aliphatic carbocycles. The van der Waals surface area contributed by atoms with Crippen LogP contribution < -0.4 is 20.1 Å². The SMILES string of the molecule is COc1cccc(CNc2ncnc3sc(C(=O)NCc4ccc(C)o4)c(C)c23)c1OC. The summed E-state index contributed by atoms with van der Waals surface area (Å²) in [5.74, 6) is 3.35. The zero-order chi connectivity index (χ0) is 22.7. The van der Waals surface area contributed by atoms with Crippen LogP contribution in [0.25, 0.3) is 10.2 Å². The summed E-state index contributed by atoms with van der Waals surface area (Å²) < 4.78 is 16.4. The second kappa shape index (κ2) is 9.27. The molecule has 0 spiro atoms. The maximum atomic E-state index is 12.8. The number of fused-ring (bicyclic) bond motifs is 1. The van der Waals surface area contributed by atoms with Gasteiger partial charge in [-0.2, -0.15) is 0 Å². The van der Waals surface area contributed by atoms with Gasteiger partial charge in [0.1, 0.15) is 28.5 Å². The molecule has 3 heterocycles. The Hall–Kier alpha value is -3.59. The molecule has 9 heteroatoms. The molecular formula is C23H24N4O4S. The summed E-state index contributed by atoms with van der Waals surface area (Å²) in [5, 5.41) is 7.10. The predicted octanol–water partition coefficient (Wildman–Crippen LogP) is 4.46. The fourth-order valence-electron chi connectivity index (χ4n) is 3.52. The van der Waals surface area contributed by atoms with Gasteiger partial charge in [0.05, 0.1) is 31.0 Å². The van der Waals surface area contributed by atoms with Gasteiger partial charge in [-0.1, -0.05) is 12.1 Å². The fraction of sp³-hybridized carbons (Fsp3) is 0.261. The van der Waals surface area contributed by atoms with E-state index in [9.17, 15) is 4.79 Å². The first-order chi connectivity index (χ1) is 15.5. The van der Waals surface area contributed by atoms with Crippen molar-refractivity contribution in [2.24, 2.45) is 0 Å². The number of aromatic nitrogens is 2. The van der Waals surface area contributed by atoms with Gasteiger partial charge in [0.2, 0.25) is 0 Å². The summed E-state index contributed by atoms with van der Waals surface area (Å²) in [5.41, 5.74) is 1.76. The van der Waals surface area contributed by atoms with E-state index >= 15 is 0 Å². The molecule has 32 heavy (non-hydrogen) atoms. The van der Waals surface area contributed by atoms with E-state index in [-0.39, 0.29) is 5.91 Å². The zero-order valence-corrected chi connectivity index (χ0v) is 19.1. The smallest absolute Gasteiger partial charge is 0.262 e. The molecule has 0 radical (unpaired) electrons. The van der Waals surface area contributed by atoms with E-state index in [1.54, 1.807) is 14.2 Å². The van der Waals surface area contributed by atoms with Gasteiger partial charge in [0.25, 0.3) is 5.91 Å². The number of hydrogen-bond donors (Lipinski definition) is 2. The summed E-state index contributed by atoms with van der Waals surface area (Å²) in [6, 6.07) is 9.45. The van der Waals surface area contributed by atoms with Gasteiger partial charge in [-0.15, -0.1) is 11.3 Å². The van der Waals surface area contributed by atoms with Crippen molar-refractivity contribution in [2.75, 3.05) is 19.5 Å². The van der Waals surface area contributed by atoms with Crippen LogP contribution in [-0.4, -0.2) is 30.1 Å². The molecule has 4 aromatic rings. The summed E-state index contributed by atoms with van der Waals surface area (Å²) in [4.78, 5) is 23.0. The molecule has 1 aromatic carbocycles. The van der Waals surface area contributed by atoms with E-state index in [1.165, 1.54) is 17.7 Å². The fourth-order valence-corrected chi connectivity index (χ4v) is 4.59. The van der Waals surface area contributed by atoms with Crippen molar-refractivity contribution < 1.29 is 18.7 Å². The Morgan fingerprint density at radius 3 is 2.66 bits per heavy atom. The van der Waals surface area contributed by atoms with Crippen LogP contribution in [0.2, 0.25) is 0 Å². The van der Waals surface area contributed by atoms with E-state index in [4.69, 9.17) is 13.9 Å². The topological polar surface area (TPSA) is 98.5 Å². The second-order valence-corrected chi connectivity index (χ2v) is 8.16. The highest BCUT2D eigenvalue weighted by molar-refractivity contribution is 7.20. The Morgan fingerprint density at radius 2 is 1.94 bits per heavy atom. The first-order valence-corrected chi connectivity index (χ1v) is 10.8. The number of hydrogen-bond acceptors (Lipinski definition) is 8. The highest BCUT2D eigenvalue weighted by Gasteiger charge is 2.20. The maximum Gasteiger partial charge on any atom is 0.262 e. The van der Waals surface area contributed by atoms with Crippen molar-refractivity contribution in [3.8, 4) is 11.5 Å². The molecular weight excluding hydrogens is 428 g/mol. The lowest BCUT2D eigenvalue weighted by molar-refractivity contribution is 0.0951. The van der Waals surface area contributed by atoms with Gasteiger partial charge in [0, 0.05) is 12.1 Å². The molecule has 0 aliphatic rings. The number of carbonyl (C=O) groups is 1. The first kappa shape index (κ1) is 21.6. The standard InChI is InChI=1S/C23H24N4O4S/c1-13-8-9-16(31-13)11-25-22(28)20-14(2)18-21(26-12-27-23(18)32-20)24-10-15-6-5-7-17(29-3)19(15)30-4/h5-9,12H,10-11H2,1-4H3,(H,25,28)(H,24,26,27). The van der Waals surface area contributed by atoms with E-state index in [0.717, 1.165) is 27.1 Å². The minimum atomic E-state index is -0.167. The van der Waals surface area contributed by atoms with Crippen LogP contribution in [0.5, 0.6) is 11.5 Å². The number of nitrogens with one attached hydrogen (secondary N) is 2. The van der Waals surface area contributed by atoms with Crippen LogP contribution in [0.4, 0.5) is 5.82 Å². The molecule has 0 aliphatic heterocycles. The average molecular weight is 453 g/mol. The Morgan fingerprint density at radius 1 is 1.09 bits per heavy atom. The monoisotopic (exact) mass is 452 g/mol. The van der Waals surface area contributed by atoms with Crippen LogP contribution in [0.15, 0.2) is 41.1 Å². The van der Waals surface area contributed by atoms with Crippen LogP contribution in [0.3, 0.4) is 0 Å². The quantitative estimate of drug-likeness (QED) is 0.407. The highest BCUT2D eigenvalue weighted by Crippen LogP contribution is 2.35. The molecule has 0 saturated heterocycles. The van der Waals surface area contributed by atoms with Crippen molar-refractivity contribution in [1.82, 2.24) is 15.3 Å². The maximum absolute atomic E-state index is 12.8. The van der Waals surface area contributed by atoms with Gasteiger partial charge in [-0.3, -0.25) is 4.79 Å². The molecule has 0 fully saturated rings. The number of anilines is 1. The van der Waals surface area contributed by atoms with Crippen molar-refractivity contribution in [2.45, 2.75) is 26.9 Å². The molecule has 8 nitrogen and oxygen atoms in total. The van der Waals surface area contributed by atoms with Crippen molar-refractivity contribution in [3.63, 3.8) is 0 Å². The number of ether oxygens (including phenoxy) is 2. The number of para-hydroxylation sites is 1. The van der Waals surface area contributed by atoms with E-state index in [1.807, 2.05) is 44.2 Å². The lowest BCUT2D eigenvalue weighted by atomic mass is 10.1. The average Bonchev–Trinajstić information content (AvgIpc) is 3.38. The molecule has 166 valence electrons. The highest BCUT2D eigenvalue weighted by atomic mass is 32.1. The Labute approximate surface area is 189 Å². The summed E-state index contributed by atoms with van der Waals surface area (Å²) in [6.07, 6.45) is 1.50.